The lowest BCUT2D eigenvalue weighted by atomic mass is 9.76. The molecule has 0 saturated heterocycles. The Balaban J connectivity index is 1.99. The van der Waals surface area contributed by atoms with Gasteiger partial charge < -0.3 is 16.0 Å². The van der Waals surface area contributed by atoms with Crippen LogP contribution in [0.3, 0.4) is 0 Å². The number of fused-ring (bicyclic) bond motifs is 2. The Morgan fingerprint density at radius 1 is 1.43 bits per heavy atom. The summed E-state index contributed by atoms with van der Waals surface area (Å²) < 4.78 is 0. The molecular weight excluding hydrogens is 286 g/mol. The summed E-state index contributed by atoms with van der Waals surface area (Å²) in [6.45, 7) is 5.13. The van der Waals surface area contributed by atoms with Crippen molar-refractivity contribution in [2.75, 3.05) is 6.54 Å². The van der Waals surface area contributed by atoms with E-state index in [-0.39, 0.29) is 17.9 Å². The predicted octanol–water partition coefficient (Wildman–Crippen LogP) is 2.69. The molecule has 0 saturated carbocycles. The van der Waals surface area contributed by atoms with Crippen LogP contribution in [-0.4, -0.2) is 23.5 Å². The molecule has 4 N–H and O–H groups in total. The predicted molar refractivity (Wildman–Crippen MR) is 93.2 cm³/mol. The van der Waals surface area contributed by atoms with Crippen molar-refractivity contribution in [2.24, 2.45) is 11.7 Å². The minimum Gasteiger partial charge on any atom is -0.369 e. The fourth-order valence-corrected chi connectivity index (χ4v) is 4.03. The van der Waals surface area contributed by atoms with E-state index in [1.54, 1.807) is 0 Å². The number of nitrogens with one attached hydrogen (secondary N) is 2. The van der Waals surface area contributed by atoms with E-state index in [9.17, 15) is 4.79 Å². The number of nitrogens with two attached hydrogens (primary N) is 1. The number of H-pyrrole nitrogens is 1. The number of benzene rings is 1. The highest BCUT2D eigenvalue weighted by atomic mass is 16.1. The van der Waals surface area contributed by atoms with Crippen LogP contribution < -0.4 is 11.1 Å². The van der Waals surface area contributed by atoms with Gasteiger partial charge in [0.2, 0.25) is 5.91 Å². The van der Waals surface area contributed by atoms with E-state index >= 15 is 0 Å². The largest absolute Gasteiger partial charge is 0.369 e. The molecule has 120 valence electrons. The lowest BCUT2D eigenvalue weighted by Crippen LogP contribution is -2.44. The minimum absolute atomic E-state index is 0.221. The molecule has 1 aliphatic carbocycles. The first-order valence-electron chi connectivity index (χ1n) is 8.47. The van der Waals surface area contributed by atoms with Gasteiger partial charge in [0.25, 0.3) is 0 Å². The topological polar surface area (TPSA) is 70.9 Å². The third-order valence-electron chi connectivity index (χ3n) is 5.52. The summed E-state index contributed by atoms with van der Waals surface area (Å²) in [7, 11) is 0. The monoisotopic (exact) mass is 309 g/mol. The van der Waals surface area contributed by atoms with Crippen molar-refractivity contribution in [1.82, 2.24) is 10.3 Å². The van der Waals surface area contributed by atoms with Crippen molar-refractivity contribution in [1.29, 1.82) is 0 Å². The Kier molecular flexibility index (Phi) is 3.31. The minimum atomic E-state index is -0.249. The van der Waals surface area contributed by atoms with Gasteiger partial charge in [0.15, 0.2) is 0 Å². The average molecular weight is 309 g/mol. The van der Waals surface area contributed by atoms with Gasteiger partial charge in [0, 0.05) is 29.7 Å². The highest BCUT2D eigenvalue weighted by Crippen LogP contribution is 2.42. The Labute approximate surface area is 136 Å². The van der Waals surface area contributed by atoms with Gasteiger partial charge in [-0.1, -0.05) is 26.0 Å². The summed E-state index contributed by atoms with van der Waals surface area (Å²) in [6, 6.07) is 4.71. The molecule has 0 spiro atoms. The van der Waals surface area contributed by atoms with E-state index in [1.807, 2.05) is 0 Å². The summed E-state index contributed by atoms with van der Waals surface area (Å²) in [5.74, 6) is 0.0214. The fourth-order valence-electron chi connectivity index (χ4n) is 4.03. The number of aromatic amines is 1. The van der Waals surface area contributed by atoms with E-state index in [1.165, 1.54) is 33.2 Å². The van der Waals surface area contributed by atoms with Gasteiger partial charge in [-0.3, -0.25) is 4.79 Å². The molecule has 2 aromatic rings. The molecule has 0 radical (unpaired) electrons. The lowest BCUT2D eigenvalue weighted by molar-refractivity contribution is -0.120. The Morgan fingerprint density at radius 2 is 2.26 bits per heavy atom. The summed E-state index contributed by atoms with van der Waals surface area (Å²) in [5.41, 5.74) is 12.1. The van der Waals surface area contributed by atoms with Crippen molar-refractivity contribution in [2.45, 2.75) is 38.6 Å². The molecule has 1 amide bonds. The summed E-state index contributed by atoms with van der Waals surface area (Å²) in [6.07, 6.45) is 6.31. The number of hydrogen-bond acceptors (Lipinski definition) is 2. The molecule has 0 fully saturated rings. The zero-order chi connectivity index (χ0) is 16.1. The molecule has 1 aromatic heterocycles. The molecule has 4 nitrogen and oxygen atoms in total. The van der Waals surface area contributed by atoms with Crippen LogP contribution in [0.15, 0.2) is 24.4 Å². The van der Waals surface area contributed by atoms with Crippen molar-refractivity contribution >= 4 is 22.4 Å². The highest BCUT2D eigenvalue weighted by Gasteiger charge is 2.33. The molecule has 4 heteroatoms. The number of hydrogen-bond donors (Lipinski definition) is 3. The van der Waals surface area contributed by atoms with Crippen LogP contribution in [0.2, 0.25) is 0 Å². The summed E-state index contributed by atoms with van der Waals surface area (Å²) in [5, 5.41) is 4.86. The van der Waals surface area contributed by atoms with Gasteiger partial charge in [0.1, 0.15) is 0 Å². The zero-order valence-corrected chi connectivity index (χ0v) is 13.6. The van der Waals surface area contributed by atoms with Crippen molar-refractivity contribution < 1.29 is 4.79 Å². The van der Waals surface area contributed by atoms with Gasteiger partial charge in [0.05, 0.1) is 5.92 Å². The standard InChI is InChI=1S/C19H23N3O/c1-3-10(2)13-4-5-15-17-11(8-21-15)7-16-14(18(13)17)6-12(9-22-16)19(20)23/h4-6,8,10,12,16,21-22H,3,7,9H2,1-2H3,(H2,20,23)/t10-,12?,16?/m1/s1. The Hall–Kier alpha value is -2.07. The molecule has 4 rings (SSSR count). The third kappa shape index (κ3) is 2.12. The van der Waals surface area contributed by atoms with E-state index in [0.717, 1.165) is 12.8 Å². The van der Waals surface area contributed by atoms with Gasteiger partial charge in [-0.2, -0.15) is 0 Å². The molecule has 2 aliphatic rings. The quantitative estimate of drug-likeness (QED) is 0.816. The lowest BCUT2D eigenvalue weighted by Gasteiger charge is -2.34. The van der Waals surface area contributed by atoms with Gasteiger partial charge in [-0.05, 0) is 47.1 Å². The van der Waals surface area contributed by atoms with E-state index < -0.39 is 0 Å². The summed E-state index contributed by atoms with van der Waals surface area (Å²) in [4.78, 5) is 15.1. The maximum Gasteiger partial charge on any atom is 0.225 e. The summed E-state index contributed by atoms with van der Waals surface area (Å²) >= 11 is 0. The van der Waals surface area contributed by atoms with Gasteiger partial charge in [-0.25, -0.2) is 0 Å². The van der Waals surface area contributed by atoms with Crippen LogP contribution in [0.1, 0.15) is 42.9 Å². The number of amides is 1. The maximum atomic E-state index is 11.7. The molecule has 0 bridgehead atoms. The second-order valence-electron chi connectivity index (χ2n) is 6.87. The molecule has 2 unspecified atom stereocenters. The number of rotatable bonds is 3. The SMILES string of the molecule is CC[C@@H](C)c1ccc2[nH]cc3c2c1C1=CC(C(N)=O)CNC1C3. The molecule has 1 aromatic carbocycles. The van der Waals surface area contributed by atoms with Gasteiger partial charge >= 0.3 is 0 Å². The number of primary amides is 1. The zero-order valence-electron chi connectivity index (χ0n) is 13.6. The number of carbonyl (C=O) groups is 1. The van der Waals surface area contributed by atoms with Crippen molar-refractivity contribution in [3.63, 3.8) is 0 Å². The Bertz CT molecular complexity index is 817. The van der Waals surface area contributed by atoms with Crippen LogP contribution >= 0.6 is 0 Å². The first-order valence-corrected chi connectivity index (χ1v) is 8.47. The normalized spacial score (nSPS) is 24.2. The first kappa shape index (κ1) is 14.5. The number of aromatic nitrogens is 1. The van der Waals surface area contributed by atoms with E-state index in [2.05, 4.69) is 48.6 Å². The van der Waals surface area contributed by atoms with E-state index in [4.69, 9.17) is 5.73 Å². The average Bonchev–Trinajstić information content (AvgIpc) is 2.98. The smallest absolute Gasteiger partial charge is 0.225 e. The van der Waals surface area contributed by atoms with E-state index in [0.29, 0.717) is 12.5 Å². The van der Waals surface area contributed by atoms with Crippen LogP contribution in [0.25, 0.3) is 16.5 Å². The third-order valence-corrected chi connectivity index (χ3v) is 5.52. The van der Waals surface area contributed by atoms with Crippen LogP contribution in [0, 0.1) is 5.92 Å². The molecule has 3 atom stereocenters. The van der Waals surface area contributed by atoms with Crippen LogP contribution in [0.5, 0.6) is 0 Å². The molecule has 23 heavy (non-hydrogen) atoms. The highest BCUT2D eigenvalue weighted by molar-refractivity contribution is 6.00. The first-order chi connectivity index (χ1) is 11.1. The van der Waals surface area contributed by atoms with Crippen molar-refractivity contribution in [3.8, 4) is 0 Å². The Morgan fingerprint density at radius 3 is 3.00 bits per heavy atom. The van der Waals surface area contributed by atoms with Crippen LogP contribution in [-0.2, 0) is 11.2 Å². The number of carbonyl (C=O) groups excluding carboxylic acids is 1. The van der Waals surface area contributed by atoms with Crippen molar-refractivity contribution in [3.05, 3.63) is 41.1 Å². The second-order valence-corrected chi connectivity index (χ2v) is 6.87. The second kappa shape index (κ2) is 5.24. The van der Waals surface area contributed by atoms with Gasteiger partial charge in [-0.15, -0.1) is 0 Å². The molecule has 2 heterocycles. The fraction of sp³-hybridized carbons (Fsp3) is 0.421. The van der Waals surface area contributed by atoms with Crippen LogP contribution in [0.4, 0.5) is 0 Å². The molecular formula is C19H23N3O. The molecule has 1 aliphatic heterocycles. The maximum absolute atomic E-state index is 11.7.